The first kappa shape index (κ1) is 21.3. The summed E-state index contributed by atoms with van der Waals surface area (Å²) in [5.41, 5.74) is 2.35. The third-order valence-electron chi connectivity index (χ3n) is 4.74. The SMILES string of the molecule is CCCCC(COCC(CCCC)Nc1ccccc1)Nc1ccccc1. The molecule has 27 heavy (non-hydrogen) atoms. The lowest BCUT2D eigenvalue weighted by Crippen LogP contribution is -2.30. The lowest BCUT2D eigenvalue weighted by molar-refractivity contribution is 0.112. The molecule has 3 nitrogen and oxygen atoms in total. The van der Waals surface area contributed by atoms with Crippen LogP contribution in [0.4, 0.5) is 11.4 Å². The number of rotatable bonds is 14. The molecule has 0 aliphatic rings. The minimum Gasteiger partial charge on any atom is -0.380 e. The number of para-hydroxylation sites is 2. The van der Waals surface area contributed by atoms with Gasteiger partial charge in [0.2, 0.25) is 0 Å². The maximum absolute atomic E-state index is 6.17. The Hall–Kier alpha value is -2.00. The Kier molecular flexibility index (Phi) is 10.4. The van der Waals surface area contributed by atoms with Crippen LogP contribution in [0.25, 0.3) is 0 Å². The maximum atomic E-state index is 6.17. The fourth-order valence-electron chi connectivity index (χ4n) is 3.19. The maximum Gasteiger partial charge on any atom is 0.0668 e. The van der Waals surface area contributed by atoms with Gasteiger partial charge in [0.1, 0.15) is 0 Å². The van der Waals surface area contributed by atoms with E-state index < -0.39 is 0 Å². The van der Waals surface area contributed by atoms with Gasteiger partial charge in [0.15, 0.2) is 0 Å². The molecular formula is C24H36N2O. The van der Waals surface area contributed by atoms with Crippen molar-refractivity contribution in [3.63, 3.8) is 0 Å². The fourth-order valence-corrected chi connectivity index (χ4v) is 3.19. The molecular weight excluding hydrogens is 332 g/mol. The van der Waals surface area contributed by atoms with Crippen molar-refractivity contribution in [2.45, 2.75) is 64.5 Å². The van der Waals surface area contributed by atoms with Gasteiger partial charge in [-0.15, -0.1) is 0 Å². The number of anilines is 2. The Bertz CT molecular complexity index is 534. The Morgan fingerprint density at radius 2 is 1.07 bits per heavy atom. The fraction of sp³-hybridized carbons (Fsp3) is 0.500. The average molecular weight is 369 g/mol. The van der Waals surface area contributed by atoms with Crippen molar-refractivity contribution in [2.24, 2.45) is 0 Å². The van der Waals surface area contributed by atoms with Crippen molar-refractivity contribution in [1.82, 2.24) is 0 Å². The third-order valence-corrected chi connectivity index (χ3v) is 4.74. The number of hydrogen-bond acceptors (Lipinski definition) is 3. The molecule has 0 fully saturated rings. The predicted molar refractivity (Wildman–Crippen MR) is 118 cm³/mol. The highest BCUT2D eigenvalue weighted by atomic mass is 16.5. The summed E-state index contributed by atoms with van der Waals surface area (Å²) in [6, 6.07) is 21.6. The van der Waals surface area contributed by atoms with E-state index in [4.69, 9.17) is 4.74 Å². The van der Waals surface area contributed by atoms with Gasteiger partial charge in [-0.05, 0) is 37.1 Å². The van der Waals surface area contributed by atoms with E-state index >= 15 is 0 Å². The van der Waals surface area contributed by atoms with Crippen LogP contribution in [0.3, 0.4) is 0 Å². The zero-order valence-corrected chi connectivity index (χ0v) is 17.0. The predicted octanol–water partition coefficient (Wildman–Crippen LogP) is 6.34. The largest absolute Gasteiger partial charge is 0.380 e. The highest BCUT2D eigenvalue weighted by Gasteiger charge is 2.12. The Morgan fingerprint density at radius 1 is 0.667 bits per heavy atom. The van der Waals surface area contributed by atoms with Crippen LogP contribution >= 0.6 is 0 Å². The van der Waals surface area contributed by atoms with Crippen molar-refractivity contribution in [3.05, 3.63) is 60.7 Å². The number of hydrogen-bond donors (Lipinski definition) is 2. The van der Waals surface area contributed by atoms with Crippen LogP contribution in [0.1, 0.15) is 52.4 Å². The van der Waals surface area contributed by atoms with E-state index in [1.807, 2.05) is 0 Å². The third kappa shape index (κ3) is 8.96. The highest BCUT2D eigenvalue weighted by Crippen LogP contribution is 2.14. The van der Waals surface area contributed by atoms with E-state index in [2.05, 4.69) is 85.1 Å². The minimum atomic E-state index is 0.357. The first-order valence-electron chi connectivity index (χ1n) is 10.5. The van der Waals surface area contributed by atoms with E-state index in [0.717, 1.165) is 26.1 Å². The zero-order valence-electron chi connectivity index (χ0n) is 17.0. The molecule has 148 valence electrons. The van der Waals surface area contributed by atoms with Crippen LogP contribution in [-0.2, 0) is 4.74 Å². The van der Waals surface area contributed by atoms with Crippen molar-refractivity contribution < 1.29 is 4.74 Å². The van der Waals surface area contributed by atoms with Crippen molar-refractivity contribution in [2.75, 3.05) is 23.8 Å². The molecule has 2 N–H and O–H groups in total. The first-order valence-corrected chi connectivity index (χ1v) is 10.5. The van der Waals surface area contributed by atoms with Gasteiger partial charge >= 0.3 is 0 Å². The summed E-state index contributed by atoms with van der Waals surface area (Å²) in [6.45, 7) is 5.97. The number of nitrogens with one attached hydrogen (secondary N) is 2. The van der Waals surface area contributed by atoms with Gasteiger partial charge in [0.05, 0.1) is 13.2 Å². The molecule has 2 aromatic rings. The van der Waals surface area contributed by atoms with Crippen LogP contribution < -0.4 is 10.6 Å². The molecule has 2 atom stereocenters. The van der Waals surface area contributed by atoms with Gasteiger partial charge in [-0.2, -0.15) is 0 Å². The molecule has 2 unspecified atom stereocenters. The molecule has 3 heteroatoms. The average Bonchev–Trinajstić information content (AvgIpc) is 2.71. The zero-order chi connectivity index (χ0) is 19.2. The Balaban J connectivity index is 1.84. The van der Waals surface area contributed by atoms with E-state index in [1.54, 1.807) is 0 Å². The van der Waals surface area contributed by atoms with E-state index in [0.29, 0.717) is 12.1 Å². The molecule has 0 heterocycles. The number of unbranched alkanes of at least 4 members (excludes halogenated alkanes) is 2. The molecule has 0 saturated carbocycles. The standard InChI is InChI=1S/C24H36N2O/c1-3-5-13-23(25-21-15-9-7-10-16-21)19-27-20-24(14-6-4-2)26-22-17-11-8-12-18-22/h7-12,15-18,23-26H,3-6,13-14,19-20H2,1-2H3. The van der Waals surface area contributed by atoms with Crippen LogP contribution in [0, 0.1) is 0 Å². The molecule has 0 amide bonds. The molecule has 0 aromatic heterocycles. The number of ether oxygens (including phenoxy) is 1. The monoisotopic (exact) mass is 368 g/mol. The Morgan fingerprint density at radius 3 is 1.44 bits per heavy atom. The smallest absolute Gasteiger partial charge is 0.0668 e. The summed E-state index contributed by atoms with van der Waals surface area (Å²) in [7, 11) is 0. The van der Waals surface area contributed by atoms with E-state index in [1.165, 1.54) is 37.1 Å². The molecule has 0 aliphatic carbocycles. The van der Waals surface area contributed by atoms with Crippen LogP contribution in [0.15, 0.2) is 60.7 Å². The Labute approximate surface area is 165 Å². The second-order valence-electron chi connectivity index (χ2n) is 7.24. The summed E-state index contributed by atoms with van der Waals surface area (Å²) >= 11 is 0. The van der Waals surface area contributed by atoms with E-state index in [-0.39, 0.29) is 0 Å². The minimum absolute atomic E-state index is 0.357. The van der Waals surface area contributed by atoms with Crippen LogP contribution in [0.5, 0.6) is 0 Å². The lowest BCUT2D eigenvalue weighted by atomic mass is 10.1. The van der Waals surface area contributed by atoms with Crippen molar-refractivity contribution in [1.29, 1.82) is 0 Å². The van der Waals surface area contributed by atoms with Crippen molar-refractivity contribution >= 4 is 11.4 Å². The van der Waals surface area contributed by atoms with Gasteiger partial charge in [-0.1, -0.05) is 75.9 Å². The first-order chi connectivity index (χ1) is 13.3. The second-order valence-corrected chi connectivity index (χ2v) is 7.24. The van der Waals surface area contributed by atoms with Gasteiger partial charge in [0, 0.05) is 23.5 Å². The van der Waals surface area contributed by atoms with Crippen molar-refractivity contribution in [3.8, 4) is 0 Å². The molecule has 0 aliphatic heterocycles. The van der Waals surface area contributed by atoms with Crippen LogP contribution in [-0.4, -0.2) is 25.3 Å². The highest BCUT2D eigenvalue weighted by molar-refractivity contribution is 5.44. The lowest BCUT2D eigenvalue weighted by Gasteiger charge is -2.23. The van der Waals surface area contributed by atoms with Gasteiger partial charge in [-0.3, -0.25) is 0 Å². The van der Waals surface area contributed by atoms with Gasteiger partial charge < -0.3 is 15.4 Å². The normalized spacial score (nSPS) is 13.1. The molecule has 0 radical (unpaired) electrons. The molecule has 0 spiro atoms. The molecule has 0 bridgehead atoms. The number of benzene rings is 2. The molecule has 0 saturated heterocycles. The van der Waals surface area contributed by atoms with Crippen LogP contribution in [0.2, 0.25) is 0 Å². The summed E-state index contributed by atoms with van der Waals surface area (Å²) in [4.78, 5) is 0. The summed E-state index contributed by atoms with van der Waals surface area (Å²) in [5.74, 6) is 0. The quantitative estimate of drug-likeness (QED) is 0.408. The van der Waals surface area contributed by atoms with Gasteiger partial charge in [0.25, 0.3) is 0 Å². The summed E-state index contributed by atoms with van der Waals surface area (Å²) in [5, 5.41) is 7.27. The summed E-state index contributed by atoms with van der Waals surface area (Å²) in [6.07, 6.45) is 7.13. The molecule has 2 aromatic carbocycles. The van der Waals surface area contributed by atoms with Gasteiger partial charge in [-0.25, -0.2) is 0 Å². The topological polar surface area (TPSA) is 33.3 Å². The summed E-state index contributed by atoms with van der Waals surface area (Å²) < 4.78 is 6.17. The van der Waals surface area contributed by atoms with E-state index in [9.17, 15) is 0 Å². The molecule has 2 rings (SSSR count). The second kappa shape index (κ2) is 13.2.